The van der Waals surface area contributed by atoms with Crippen LogP contribution in [0.4, 0.5) is 5.69 Å². The van der Waals surface area contributed by atoms with Gasteiger partial charge >= 0.3 is 5.97 Å². The van der Waals surface area contributed by atoms with Crippen LogP contribution in [0.2, 0.25) is 5.02 Å². The molecule has 3 heterocycles. The number of carboxylic acids is 1. The normalized spacial score (nSPS) is 22.9. The molecular weight excluding hydrogens is 524 g/mol. The molecule has 1 unspecified atom stereocenters. The van der Waals surface area contributed by atoms with Crippen molar-refractivity contribution in [1.82, 2.24) is 4.90 Å². The van der Waals surface area contributed by atoms with Crippen LogP contribution in [0.25, 0.3) is 0 Å². The van der Waals surface area contributed by atoms with Gasteiger partial charge in [-0.05, 0) is 42.5 Å². The number of amides is 2. The summed E-state index contributed by atoms with van der Waals surface area (Å²) in [7, 11) is 0. The monoisotopic (exact) mass is 556 g/mol. The van der Waals surface area contributed by atoms with E-state index in [0.717, 1.165) is 0 Å². The van der Waals surface area contributed by atoms with Crippen molar-refractivity contribution in [3.05, 3.63) is 52.5 Å². The van der Waals surface area contributed by atoms with Gasteiger partial charge in [-0.2, -0.15) is 0 Å². The van der Waals surface area contributed by atoms with Gasteiger partial charge in [0, 0.05) is 41.5 Å². The number of anilines is 1. The summed E-state index contributed by atoms with van der Waals surface area (Å²) >= 11 is 6.45. The van der Waals surface area contributed by atoms with Gasteiger partial charge in [0.25, 0.3) is 5.91 Å². The molecule has 2 aromatic rings. The number of nitrogens with zero attached hydrogens (tertiary/aromatic N) is 2. The van der Waals surface area contributed by atoms with Crippen molar-refractivity contribution in [1.29, 1.82) is 0 Å². The third-order valence-corrected chi connectivity index (χ3v) is 7.47. The minimum absolute atomic E-state index is 0.0676. The van der Waals surface area contributed by atoms with Crippen molar-refractivity contribution < 1.29 is 33.7 Å². The Morgan fingerprint density at radius 3 is 2.67 bits per heavy atom. The van der Waals surface area contributed by atoms with Gasteiger partial charge in [0.2, 0.25) is 12.7 Å². The number of carbonyl (C=O) groups excluding carboxylic acids is 2. The maximum Gasteiger partial charge on any atom is 0.308 e. The largest absolute Gasteiger partial charge is 0.481 e. The van der Waals surface area contributed by atoms with Gasteiger partial charge in [0.05, 0.1) is 12.3 Å². The second-order valence-electron chi connectivity index (χ2n) is 11.5. The van der Waals surface area contributed by atoms with Crippen LogP contribution in [0.5, 0.6) is 11.5 Å². The lowest BCUT2D eigenvalue weighted by Gasteiger charge is -2.33. The van der Waals surface area contributed by atoms with Crippen LogP contribution in [-0.4, -0.2) is 60.3 Å². The highest BCUT2D eigenvalue weighted by atomic mass is 35.5. The fourth-order valence-electron chi connectivity index (χ4n) is 5.44. The first kappa shape index (κ1) is 27.3. The number of hydrogen-bond donors (Lipinski definition) is 1. The molecule has 3 aliphatic heterocycles. The third-order valence-electron chi connectivity index (χ3n) is 7.23. The van der Waals surface area contributed by atoms with E-state index in [1.807, 2.05) is 39.0 Å². The molecule has 1 fully saturated rings. The van der Waals surface area contributed by atoms with Crippen LogP contribution < -0.4 is 14.4 Å². The molecule has 2 aromatic carbocycles. The highest BCUT2D eigenvalue weighted by molar-refractivity contribution is 6.30. The lowest BCUT2D eigenvalue weighted by molar-refractivity contribution is -0.148. The standard InChI is InChI=1S/C29H33ClN2O7/c1-29(2,3)15-32-21-10-9-18(30)12-20(21)25(19-7-4-8-22-26(19)38-16-37-22)39-23(27(32)34)13-24(33)31-11-5-6-17(14-31)28(35)36/h4,7-10,12,17,23,25H,5-6,11,13-16H2,1-3H3,(H,35,36)/t17?,23-,25-/m0/s1. The van der Waals surface area contributed by atoms with E-state index in [1.54, 1.807) is 23.1 Å². The van der Waals surface area contributed by atoms with E-state index < -0.39 is 24.1 Å². The molecule has 0 aromatic heterocycles. The molecule has 2 amide bonds. The number of para-hydroxylation sites is 1. The van der Waals surface area contributed by atoms with E-state index in [2.05, 4.69) is 0 Å². The Morgan fingerprint density at radius 2 is 1.92 bits per heavy atom. The van der Waals surface area contributed by atoms with Gasteiger partial charge in [-0.3, -0.25) is 14.4 Å². The predicted octanol–water partition coefficient (Wildman–Crippen LogP) is 4.65. The number of ether oxygens (including phenoxy) is 3. The first-order valence-electron chi connectivity index (χ1n) is 13.2. The van der Waals surface area contributed by atoms with Gasteiger partial charge < -0.3 is 29.1 Å². The van der Waals surface area contributed by atoms with E-state index in [4.69, 9.17) is 25.8 Å². The van der Waals surface area contributed by atoms with Crippen molar-refractivity contribution >= 4 is 35.1 Å². The molecular formula is C29H33ClN2O7. The number of piperidine rings is 1. The predicted molar refractivity (Wildman–Crippen MR) is 144 cm³/mol. The number of halogens is 1. The van der Waals surface area contributed by atoms with Gasteiger partial charge in [0.1, 0.15) is 12.2 Å². The topological polar surface area (TPSA) is 106 Å². The summed E-state index contributed by atoms with van der Waals surface area (Å²) in [6.45, 7) is 7.14. The van der Waals surface area contributed by atoms with Crippen molar-refractivity contribution in [3.8, 4) is 11.5 Å². The van der Waals surface area contributed by atoms with E-state index in [9.17, 15) is 19.5 Å². The summed E-state index contributed by atoms with van der Waals surface area (Å²) in [5.41, 5.74) is 1.75. The quantitative estimate of drug-likeness (QED) is 0.571. The number of rotatable bonds is 5. The Kier molecular flexibility index (Phi) is 7.48. The molecule has 1 N–H and O–H groups in total. The molecule has 0 bridgehead atoms. The Balaban J connectivity index is 1.55. The lowest BCUT2D eigenvalue weighted by atomic mass is 9.94. The van der Waals surface area contributed by atoms with Crippen molar-refractivity contribution in [3.63, 3.8) is 0 Å². The smallest absolute Gasteiger partial charge is 0.308 e. The Labute approximate surface area is 232 Å². The van der Waals surface area contributed by atoms with Crippen molar-refractivity contribution in [2.45, 2.75) is 52.2 Å². The first-order valence-corrected chi connectivity index (χ1v) is 13.5. The second-order valence-corrected chi connectivity index (χ2v) is 11.9. The Morgan fingerprint density at radius 1 is 1.13 bits per heavy atom. The number of benzene rings is 2. The van der Waals surface area contributed by atoms with Gasteiger partial charge in [0.15, 0.2) is 11.5 Å². The summed E-state index contributed by atoms with van der Waals surface area (Å²) in [4.78, 5) is 42.4. The third kappa shape index (κ3) is 5.70. The van der Waals surface area contributed by atoms with E-state index >= 15 is 0 Å². The SMILES string of the molecule is CC(C)(C)CN1C(=O)[C@H](CC(=O)N2CCCC(C(=O)O)C2)O[C@@H](c2cccc3c2OCO3)c2cc(Cl)ccc21. The molecule has 0 aliphatic carbocycles. The second kappa shape index (κ2) is 10.7. The van der Waals surface area contributed by atoms with Crippen LogP contribution in [-0.2, 0) is 19.1 Å². The van der Waals surface area contributed by atoms with E-state index in [-0.39, 0.29) is 37.0 Å². The van der Waals surface area contributed by atoms with Crippen LogP contribution >= 0.6 is 11.6 Å². The molecule has 0 spiro atoms. The number of hydrogen-bond acceptors (Lipinski definition) is 6. The van der Waals surface area contributed by atoms with E-state index in [1.165, 1.54) is 4.90 Å². The molecule has 10 heteroatoms. The molecule has 9 nitrogen and oxygen atoms in total. The molecule has 1 saturated heterocycles. The van der Waals surface area contributed by atoms with Crippen LogP contribution in [0.3, 0.4) is 0 Å². The summed E-state index contributed by atoms with van der Waals surface area (Å²) in [6.07, 6.45) is -0.972. The summed E-state index contributed by atoms with van der Waals surface area (Å²) in [6, 6.07) is 10.8. The fourth-order valence-corrected chi connectivity index (χ4v) is 5.62. The Hall–Kier alpha value is -3.30. The minimum Gasteiger partial charge on any atom is -0.481 e. The van der Waals surface area contributed by atoms with Gasteiger partial charge in [-0.1, -0.05) is 44.5 Å². The van der Waals surface area contributed by atoms with Crippen LogP contribution in [0, 0.1) is 11.3 Å². The van der Waals surface area contributed by atoms with Crippen molar-refractivity contribution in [2.24, 2.45) is 11.3 Å². The zero-order valence-corrected chi connectivity index (χ0v) is 23.1. The number of carbonyl (C=O) groups is 3. The number of aliphatic carboxylic acids is 1. The summed E-state index contributed by atoms with van der Waals surface area (Å²) in [5, 5.41) is 9.97. The average Bonchev–Trinajstić information content (AvgIpc) is 3.35. The summed E-state index contributed by atoms with van der Waals surface area (Å²) in [5.74, 6) is -1.08. The first-order chi connectivity index (χ1) is 18.5. The summed E-state index contributed by atoms with van der Waals surface area (Å²) < 4.78 is 17.9. The number of carboxylic acid groups (broad SMARTS) is 1. The molecule has 0 radical (unpaired) electrons. The molecule has 208 valence electrons. The van der Waals surface area contributed by atoms with Gasteiger partial charge in [-0.15, -0.1) is 0 Å². The number of fused-ring (bicyclic) bond motifs is 2. The average molecular weight is 557 g/mol. The van der Waals surface area contributed by atoms with Crippen LogP contribution in [0.1, 0.15) is 57.3 Å². The Bertz CT molecular complexity index is 1290. The number of likely N-dealkylation sites (tertiary alicyclic amines) is 1. The zero-order chi connectivity index (χ0) is 27.9. The lowest BCUT2D eigenvalue weighted by Crippen LogP contribution is -2.47. The fraction of sp³-hybridized carbons (Fsp3) is 0.483. The minimum atomic E-state index is -1.11. The highest BCUT2D eigenvalue weighted by Gasteiger charge is 2.41. The maximum absolute atomic E-state index is 14.1. The van der Waals surface area contributed by atoms with Crippen LogP contribution in [0.15, 0.2) is 36.4 Å². The molecule has 3 aliphatic rings. The van der Waals surface area contributed by atoms with Gasteiger partial charge in [-0.25, -0.2) is 0 Å². The maximum atomic E-state index is 14.1. The van der Waals surface area contributed by atoms with Crippen molar-refractivity contribution in [2.75, 3.05) is 31.3 Å². The molecule has 5 rings (SSSR count). The van der Waals surface area contributed by atoms with E-state index in [0.29, 0.717) is 59.3 Å². The molecule has 0 saturated carbocycles. The molecule has 3 atom stereocenters. The molecule has 39 heavy (non-hydrogen) atoms. The highest BCUT2D eigenvalue weighted by Crippen LogP contribution is 2.47. The zero-order valence-electron chi connectivity index (χ0n) is 22.3.